The van der Waals surface area contributed by atoms with E-state index in [9.17, 15) is 9.59 Å². The molecule has 0 aliphatic rings. The minimum Gasteiger partial charge on any atom is -0.466 e. The number of carbonyl (C=O) groups is 2. The molecule has 102 valence electrons. The molecule has 0 unspecified atom stereocenters. The van der Waals surface area contributed by atoms with Crippen LogP contribution in [0.15, 0.2) is 35.2 Å². The van der Waals surface area contributed by atoms with E-state index in [0.29, 0.717) is 12.4 Å². The van der Waals surface area contributed by atoms with Crippen LogP contribution in [-0.4, -0.2) is 31.4 Å². The molecule has 0 atom stereocenters. The Hall–Kier alpha value is -1.75. The molecule has 1 rings (SSSR count). The Kier molecular flexibility index (Phi) is 6.74. The van der Waals surface area contributed by atoms with Gasteiger partial charge in [-0.2, -0.15) is 0 Å². The zero-order valence-electron chi connectivity index (χ0n) is 10.9. The van der Waals surface area contributed by atoms with E-state index in [1.165, 1.54) is 24.9 Å². The van der Waals surface area contributed by atoms with Crippen LogP contribution in [0.5, 0.6) is 0 Å². The highest BCUT2D eigenvalue weighted by molar-refractivity contribution is 8.00. The van der Waals surface area contributed by atoms with E-state index in [2.05, 4.69) is 4.74 Å². The van der Waals surface area contributed by atoms with E-state index in [0.717, 1.165) is 10.5 Å². The summed E-state index contributed by atoms with van der Waals surface area (Å²) in [7, 11) is 1.34. The van der Waals surface area contributed by atoms with Crippen molar-refractivity contribution in [3.8, 4) is 0 Å². The highest BCUT2D eigenvalue weighted by atomic mass is 32.2. The quantitative estimate of drug-likeness (QED) is 0.455. The van der Waals surface area contributed by atoms with Crippen molar-refractivity contribution in [3.63, 3.8) is 0 Å². The summed E-state index contributed by atoms with van der Waals surface area (Å²) in [6.07, 6.45) is 3.03. The molecule has 19 heavy (non-hydrogen) atoms. The maximum atomic E-state index is 11.2. The number of esters is 2. The summed E-state index contributed by atoms with van der Waals surface area (Å²) in [5, 5.41) is 0. The number of carbonyl (C=O) groups excluding carboxylic acids is 2. The van der Waals surface area contributed by atoms with Crippen molar-refractivity contribution < 1.29 is 19.1 Å². The van der Waals surface area contributed by atoms with E-state index >= 15 is 0 Å². The molecule has 0 fully saturated rings. The number of methoxy groups -OCH3 is 1. The summed E-state index contributed by atoms with van der Waals surface area (Å²) in [5.74, 6) is -0.312. The molecule has 1 aromatic rings. The number of hydrogen-bond acceptors (Lipinski definition) is 5. The molecule has 0 radical (unpaired) electrons. The SMILES string of the molecule is CCOC(=O)CSc1ccc(/C=C/C(=O)OC)cc1. The van der Waals surface area contributed by atoms with Gasteiger partial charge in [-0.05, 0) is 30.7 Å². The monoisotopic (exact) mass is 280 g/mol. The molecule has 0 N–H and O–H groups in total. The summed E-state index contributed by atoms with van der Waals surface area (Å²) in [6.45, 7) is 2.18. The van der Waals surface area contributed by atoms with E-state index < -0.39 is 0 Å². The second kappa shape index (κ2) is 8.37. The Morgan fingerprint density at radius 2 is 1.95 bits per heavy atom. The predicted octanol–water partition coefficient (Wildman–Crippen LogP) is 2.53. The van der Waals surface area contributed by atoms with Gasteiger partial charge in [0.15, 0.2) is 0 Å². The fraction of sp³-hybridized carbons (Fsp3) is 0.286. The molecule has 0 amide bonds. The Balaban J connectivity index is 2.50. The number of benzene rings is 1. The van der Waals surface area contributed by atoms with Crippen LogP contribution in [0.4, 0.5) is 0 Å². The van der Waals surface area contributed by atoms with Gasteiger partial charge in [0.25, 0.3) is 0 Å². The first kappa shape index (κ1) is 15.3. The summed E-state index contributed by atoms with van der Waals surface area (Å²) in [6, 6.07) is 7.52. The van der Waals surface area contributed by atoms with Crippen LogP contribution in [0.25, 0.3) is 6.08 Å². The van der Waals surface area contributed by atoms with Gasteiger partial charge in [0.05, 0.1) is 19.5 Å². The standard InChI is InChI=1S/C14H16O4S/c1-3-18-14(16)10-19-12-7-4-11(5-8-12)6-9-13(15)17-2/h4-9H,3,10H2,1-2H3/b9-6+. The molecule has 0 aliphatic carbocycles. The largest absolute Gasteiger partial charge is 0.466 e. The fourth-order valence-corrected chi connectivity index (χ4v) is 1.95. The van der Waals surface area contributed by atoms with E-state index in [4.69, 9.17) is 4.74 Å². The van der Waals surface area contributed by atoms with Crippen molar-refractivity contribution in [1.29, 1.82) is 0 Å². The Bertz CT molecular complexity index is 451. The van der Waals surface area contributed by atoms with Gasteiger partial charge < -0.3 is 9.47 Å². The lowest BCUT2D eigenvalue weighted by Crippen LogP contribution is -2.06. The van der Waals surface area contributed by atoms with Crippen LogP contribution in [0, 0.1) is 0 Å². The molecule has 5 heteroatoms. The molecule has 0 aromatic heterocycles. The van der Waals surface area contributed by atoms with Gasteiger partial charge in [-0.15, -0.1) is 11.8 Å². The summed E-state index contributed by atoms with van der Waals surface area (Å²) < 4.78 is 9.34. The predicted molar refractivity (Wildman–Crippen MR) is 74.8 cm³/mol. The van der Waals surface area contributed by atoms with Gasteiger partial charge in [-0.1, -0.05) is 12.1 Å². The van der Waals surface area contributed by atoms with Crippen molar-refractivity contribution in [3.05, 3.63) is 35.9 Å². The molecular formula is C14H16O4S. The Morgan fingerprint density at radius 3 is 2.53 bits per heavy atom. The first-order chi connectivity index (χ1) is 9.15. The second-order valence-electron chi connectivity index (χ2n) is 3.52. The third kappa shape index (κ3) is 6.10. The third-order valence-electron chi connectivity index (χ3n) is 2.16. The lowest BCUT2D eigenvalue weighted by atomic mass is 10.2. The number of ether oxygens (including phenoxy) is 2. The summed E-state index contributed by atoms with van der Waals surface area (Å²) in [4.78, 5) is 23.1. The lowest BCUT2D eigenvalue weighted by Gasteiger charge is -2.02. The van der Waals surface area contributed by atoms with Gasteiger partial charge >= 0.3 is 11.9 Å². The van der Waals surface area contributed by atoms with E-state index in [1.807, 2.05) is 24.3 Å². The van der Waals surface area contributed by atoms with Gasteiger partial charge in [-0.25, -0.2) is 4.79 Å². The molecular weight excluding hydrogens is 264 g/mol. The summed E-state index contributed by atoms with van der Waals surface area (Å²) in [5.41, 5.74) is 0.894. The smallest absolute Gasteiger partial charge is 0.330 e. The van der Waals surface area contributed by atoms with Crippen LogP contribution in [0.2, 0.25) is 0 Å². The van der Waals surface area contributed by atoms with Crippen molar-refractivity contribution in [2.24, 2.45) is 0 Å². The zero-order chi connectivity index (χ0) is 14.1. The summed E-state index contributed by atoms with van der Waals surface area (Å²) >= 11 is 1.42. The van der Waals surface area contributed by atoms with Crippen LogP contribution in [-0.2, 0) is 19.1 Å². The number of thioether (sulfide) groups is 1. The van der Waals surface area contributed by atoms with Crippen molar-refractivity contribution in [2.75, 3.05) is 19.5 Å². The first-order valence-corrected chi connectivity index (χ1v) is 6.78. The molecule has 0 saturated carbocycles. The molecule has 0 saturated heterocycles. The van der Waals surface area contributed by atoms with Crippen molar-refractivity contribution in [1.82, 2.24) is 0 Å². The normalized spacial score (nSPS) is 10.4. The van der Waals surface area contributed by atoms with Crippen molar-refractivity contribution in [2.45, 2.75) is 11.8 Å². The molecule has 4 nitrogen and oxygen atoms in total. The van der Waals surface area contributed by atoms with Crippen LogP contribution < -0.4 is 0 Å². The zero-order valence-corrected chi connectivity index (χ0v) is 11.7. The molecule has 0 aliphatic heterocycles. The minimum atomic E-state index is -0.388. The van der Waals surface area contributed by atoms with Gasteiger partial charge in [0, 0.05) is 11.0 Å². The molecule has 0 spiro atoms. The number of hydrogen-bond donors (Lipinski definition) is 0. The topological polar surface area (TPSA) is 52.6 Å². The lowest BCUT2D eigenvalue weighted by molar-refractivity contribution is -0.140. The fourth-order valence-electron chi connectivity index (χ4n) is 1.25. The van der Waals surface area contributed by atoms with Crippen LogP contribution >= 0.6 is 11.8 Å². The van der Waals surface area contributed by atoms with Crippen molar-refractivity contribution >= 4 is 29.8 Å². The number of rotatable bonds is 6. The molecule has 1 aromatic carbocycles. The Morgan fingerprint density at radius 1 is 1.26 bits per heavy atom. The average Bonchev–Trinajstić information content (AvgIpc) is 2.44. The second-order valence-corrected chi connectivity index (χ2v) is 4.57. The highest BCUT2D eigenvalue weighted by Crippen LogP contribution is 2.19. The maximum absolute atomic E-state index is 11.2. The third-order valence-corrected chi connectivity index (χ3v) is 3.14. The van der Waals surface area contributed by atoms with Gasteiger partial charge in [0.1, 0.15) is 0 Å². The van der Waals surface area contributed by atoms with E-state index in [1.54, 1.807) is 13.0 Å². The maximum Gasteiger partial charge on any atom is 0.330 e. The van der Waals surface area contributed by atoms with E-state index in [-0.39, 0.29) is 11.9 Å². The van der Waals surface area contributed by atoms with Crippen LogP contribution in [0.1, 0.15) is 12.5 Å². The van der Waals surface area contributed by atoms with Gasteiger partial charge in [0.2, 0.25) is 0 Å². The molecule has 0 heterocycles. The highest BCUT2D eigenvalue weighted by Gasteiger charge is 2.02. The minimum absolute atomic E-state index is 0.220. The Labute approximate surface area is 116 Å². The van der Waals surface area contributed by atoms with Crippen LogP contribution in [0.3, 0.4) is 0 Å². The average molecular weight is 280 g/mol. The van der Waals surface area contributed by atoms with Gasteiger partial charge in [-0.3, -0.25) is 4.79 Å². The first-order valence-electron chi connectivity index (χ1n) is 5.80. The molecule has 0 bridgehead atoms.